The highest BCUT2D eigenvalue weighted by Crippen LogP contribution is 2.08. The first-order valence-electron chi connectivity index (χ1n) is 2.94. The smallest absolute Gasteiger partial charge is 0.296 e. The lowest BCUT2D eigenvalue weighted by Crippen LogP contribution is -2.08. The monoisotopic (exact) mass is 189 g/mol. The Balaban J connectivity index is 3.09. The Kier molecular flexibility index (Phi) is 2.27. The lowest BCUT2D eigenvalue weighted by atomic mass is 10.5. The van der Waals surface area contributed by atoms with Crippen LogP contribution in [0.2, 0.25) is 0 Å². The van der Waals surface area contributed by atoms with Crippen LogP contribution in [-0.4, -0.2) is 18.0 Å². The zero-order valence-electron chi connectivity index (χ0n) is 5.93. The summed E-state index contributed by atoms with van der Waals surface area (Å²) in [6.07, 6.45) is 1.00. The summed E-state index contributed by atoms with van der Waals surface area (Å²) < 4.78 is 29.5. The summed E-state index contributed by atoms with van der Waals surface area (Å²) in [7, 11) is -4.16. The Labute approximate surface area is 69.1 Å². The van der Waals surface area contributed by atoms with Crippen LogP contribution in [0.5, 0.6) is 0 Å². The molecule has 0 aliphatic carbocycles. The van der Waals surface area contributed by atoms with E-state index in [2.05, 4.69) is 10.4 Å². The molecule has 0 saturated carbocycles. The Morgan fingerprint density at radius 2 is 2.17 bits per heavy atom. The number of anilines is 1. The van der Waals surface area contributed by atoms with Gasteiger partial charge in [0.05, 0.1) is 6.20 Å². The molecule has 12 heavy (non-hydrogen) atoms. The van der Waals surface area contributed by atoms with Gasteiger partial charge in [0.15, 0.2) is 0 Å². The first-order valence-corrected chi connectivity index (χ1v) is 4.38. The summed E-state index contributed by atoms with van der Waals surface area (Å²) in [6.45, 7) is 0. The van der Waals surface area contributed by atoms with Crippen LogP contribution in [0.15, 0.2) is 23.2 Å². The van der Waals surface area contributed by atoms with Crippen LogP contribution in [0.1, 0.15) is 0 Å². The molecule has 0 aliphatic rings. The number of nitrogens with two attached hydrogens (primary N) is 1. The molecule has 1 aromatic heterocycles. The first-order chi connectivity index (χ1) is 5.54. The van der Waals surface area contributed by atoms with Crippen molar-refractivity contribution in [1.82, 2.24) is 4.98 Å². The lowest BCUT2D eigenvalue weighted by molar-refractivity contribution is 0.483. The molecular formula is C5H7N3O3S. The molecule has 66 valence electrons. The zero-order valence-corrected chi connectivity index (χ0v) is 6.75. The van der Waals surface area contributed by atoms with Gasteiger partial charge in [-0.25, -0.2) is 10.8 Å². The van der Waals surface area contributed by atoms with Gasteiger partial charge in [-0.2, -0.15) is 8.42 Å². The highest BCUT2D eigenvalue weighted by Gasteiger charge is 2.08. The van der Waals surface area contributed by atoms with E-state index in [1.807, 2.05) is 0 Å². The van der Waals surface area contributed by atoms with Crippen molar-refractivity contribution in [3.05, 3.63) is 18.3 Å². The minimum Gasteiger partial charge on any atom is -0.308 e. The SMILES string of the molecule is NNc1ccc(S(=O)(=O)O)cn1. The van der Waals surface area contributed by atoms with E-state index >= 15 is 0 Å². The Hall–Kier alpha value is -1.18. The highest BCUT2D eigenvalue weighted by molar-refractivity contribution is 7.85. The van der Waals surface area contributed by atoms with Crippen molar-refractivity contribution in [2.24, 2.45) is 5.84 Å². The summed E-state index contributed by atoms with van der Waals surface area (Å²) in [5, 5.41) is 0. The molecule has 7 heteroatoms. The number of hydrogen-bond donors (Lipinski definition) is 3. The van der Waals surface area contributed by atoms with E-state index in [-0.39, 0.29) is 4.90 Å². The lowest BCUT2D eigenvalue weighted by Gasteiger charge is -1.98. The molecule has 0 spiro atoms. The van der Waals surface area contributed by atoms with E-state index in [0.29, 0.717) is 5.82 Å². The fourth-order valence-corrected chi connectivity index (χ4v) is 1.04. The maximum Gasteiger partial charge on any atom is 0.296 e. The summed E-state index contributed by atoms with van der Waals surface area (Å²) in [5.74, 6) is 5.31. The quantitative estimate of drug-likeness (QED) is 0.332. The van der Waals surface area contributed by atoms with Gasteiger partial charge in [0, 0.05) is 0 Å². The van der Waals surface area contributed by atoms with Gasteiger partial charge in [-0.3, -0.25) is 4.55 Å². The van der Waals surface area contributed by atoms with Crippen molar-refractivity contribution in [2.75, 3.05) is 5.43 Å². The van der Waals surface area contributed by atoms with Gasteiger partial charge in [0.1, 0.15) is 10.7 Å². The van der Waals surface area contributed by atoms with Crippen molar-refractivity contribution in [3.8, 4) is 0 Å². The summed E-state index contributed by atoms with van der Waals surface area (Å²) >= 11 is 0. The van der Waals surface area contributed by atoms with E-state index < -0.39 is 10.1 Å². The number of hydrazine groups is 1. The average Bonchev–Trinajstić information content (AvgIpc) is 2.03. The first kappa shape index (κ1) is 8.91. The van der Waals surface area contributed by atoms with E-state index in [0.717, 1.165) is 6.20 Å². The average molecular weight is 189 g/mol. The second-order valence-electron chi connectivity index (χ2n) is 2.00. The summed E-state index contributed by atoms with van der Waals surface area (Å²) in [5.41, 5.74) is 2.22. The van der Waals surface area contributed by atoms with Gasteiger partial charge in [0.25, 0.3) is 10.1 Å². The van der Waals surface area contributed by atoms with Gasteiger partial charge in [-0.1, -0.05) is 0 Å². The zero-order chi connectivity index (χ0) is 9.19. The van der Waals surface area contributed by atoms with E-state index in [9.17, 15) is 8.42 Å². The molecule has 1 aromatic rings. The normalized spacial score (nSPS) is 11.2. The minimum atomic E-state index is -4.16. The fraction of sp³-hybridized carbons (Fsp3) is 0. The van der Waals surface area contributed by atoms with Crippen LogP contribution in [0.4, 0.5) is 5.82 Å². The molecule has 0 amide bonds. The third kappa shape index (κ3) is 1.91. The number of nitrogen functional groups attached to an aromatic ring is 1. The van der Waals surface area contributed by atoms with Crippen molar-refractivity contribution in [1.29, 1.82) is 0 Å². The van der Waals surface area contributed by atoms with Crippen LogP contribution in [-0.2, 0) is 10.1 Å². The molecule has 1 heterocycles. The van der Waals surface area contributed by atoms with Crippen LogP contribution in [0, 0.1) is 0 Å². The van der Waals surface area contributed by atoms with E-state index in [4.69, 9.17) is 10.4 Å². The van der Waals surface area contributed by atoms with Gasteiger partial charge in [-0.05, 0) is 12.1 Å². The molecule has 0 fully saturated rings. The van der Waals surface area contributed by atoms with Crippen LogP contribution < -0.4 is 11.3 Å². The number of nitrogens with one attached hydrogen (secondary N) is 1. The second-order valence-corrected chi connectivity index (χ2v) is 3.42. The van der Waals surface area contributed by atoms with Gasteiger partial charge in [-0.15, -0.1) is 0 Å². The number of pyridine rings is 1. The maximum atomic E-state index is 10.5. The third-order valence-electron chi connectivity index (χ3n) is 1.18. The Bertz CT molecular complexity index is 358. The second kappa shape index (κ2) is 3.05. The number of aromatic nitrogens is 1. The molecule has 6 nitrogen and oxygen atoms in total. The predicted molar refractivity (Wildman–Crippen MR) is 41.9 cm³/mol. The highest BCUT2D eigenvalue weighted by atomic mass is 32.2. The Morgan fingerprint density at radius 1 is 1.50 bits per heavy atom. The van der Waals surface area contributed by atoms with Crippen molar-refractivity contribution < 1.29 is 13.0 Å². The molecule has 0 bridgehead atoms. The third-order valence-corrected chi connectivity index (χ3v) is 2.02. The number of nitrogens with zero attached hydrogens (tertiary/aromatic N) is 1. The fourth-order valence-electron chi connectivity index (χ4n) is 0.618. The van der Waals surface area contributed by atoms with Crippen LogP contribution >= 0.6 is 0 Å². The molecule has 0 unspecified atom stereocenters. The van der Waals surface area contributed by atoms with Gasteiger partial charge >= 0.3 is 0 Å². The molecule has 1 rings (SSSR count). The maximum absolute atomic E-state index is 10.5. The largest absolute Gasteiger partial charge is 0.308 e. The number of hydrogen-bond acceptors (Lipinski definition) is 5. The van der Waals surface area contributed by atoms with Crippen LogP contribution in [0.3, 0.4) is 0 Å². The van der Waals surface area contributed by atoms with Crippen molar-refractivity contribution >= 4 is 15.9 Å². The summed E-state index contributed by atoms with van der Waals surface area (Å²) in [6, 6.07) is 2.53. The van der Waals surface area contributed by atoms with Crippen molar-refractivity contribution in [2.45, 2.75) is 4.90 Å². The minimum absolute atomic E-state index is 0.262. The molecule has 0 aliphatic heterocycles. The molecule has 0 aromatic carbocycles. The molecule has 4 N–H and O–H groups in total. The van der Waals surface area contributed by atoms with Crippen molar-refractivity contribution in [3.63, 3.8) is 0 Å². The topological polar surface area (TPSA) is 105 Å². The number of rotatable bonds is 2. The van der Waals surface area contributed by atoms with E-state index in [1.165, 1.54) is 12.1 Å². The molecule has 0 saturated heterocycles. The standard InChI is InChI=1S/C5H7N3O3S/c6-8-5-2-1-4(3-7-5)12(9,10)11/h1-3H,6H2,(H,7,8)(H,9,10,11). The summed E-state index contributed by atoms with van der Waals surface area (Å²) in [4.78, 5) is 3.33. The molecular weight excluding hydrogens is 182 g/mol. The molecule has 0 radical (unpaired) electrons. The van der Waals surface area contributed by atoms with E-state index in [1.54, 1.807) is 0 Å². The van der Waals surface area contributed by atoms with Crippen LogP contribution in [0.25, 0.3) is 0 Å². The van der Waals surface area contributed by atoms with Gasteiger partial charge < -0.3 is 5.43 Å². The molecule has 0 atom stereocenters. The van der Waals surface area contributed by atoms with Gasteiger partial charge in [0.2, 0.25) is 0 Å². The predicted octanol–water partition coefficient (Wildman–Crippen LogP) is -0.386. The Morgan fingerprint density at radius 3 is 2.50 bits per heavy atom.